The third-order valence-corrected chi connectivity index (χ3v) is 4.42. The highest BCUT2D eigenvalue weighted by Crippen LogP contribution is 2.29. The van der Waals surface area contributed by atoms with E-state index in [2.05, 4.69) is 0 Å². The van der Waals surface area contributed by atoms with Gasteiger partial charge in [0.25, 0.3) is 0 Å². The molecule has 0 amide bonds. The first-order valence-electron chi connectivity index (χ1n) is 9.72. The zero-order valence-corrected chi connectivity index (χ0v) is 16.5. The summed E-state index contributed by atoms with van der Waals surface area (Å²) in [7, 11) is 0. The van der Waals surface area contributed by atoms with Gasteiger partial charge in [0.1, 0.15) is 11.6 Å². The quantitative estimate of drug-likeness (QED) is 0.407. The maximum Gasteiger partial charge on any atom is 0.132 e. The van der Waals surface area contributed by atoms with Gasteiger partial charge in [-0.15, -0.1) is 0 Å². The van der Waals surface area contributed by atoms with E-state index in [1.54, 1.807) is 0 Å². The molecular formula is C24H36N2O2. The van der Waals surface area contributed by atoms with E-state index in [1.807, 2.05) is 62.4 Å². The Labute approximate surface area is 170 Å². The molecule has 0 saturated heterocycles. The molecule has 0 aliphatic heterocycles. The standard InChI is InChI=1S/C12H12N2.C11H20O2.CH4/c13-11-8-4-7-10(12(11)14)9-5-2-1-3-6-9;1-3-10(12)8-6-5-7-9-11(13)4-2;/h1-8H,13-14H2;3-9H2,1-2H3;1H4. The van der Waals surface area contributed by atoms with Crippen LogP contribution in [0.2, 0.25) is 0 Å². The van der Waals surface area contributed by atoms with Crippen LogP contribution in [0, 0.1) is 0 Å². The van der Waals surface area contributed by atoms with Crippen molar-refractivity contribution in [1.82, 2.24) is 0 Å². The van der Waals surface area contributed by atoms with Crippen LogP contribution in [0.15, 0.2) is 48.5 Å². The fraction of sp³-hybridized carbons (Fsp3) is 0.417. The summed E-state index contributed by atoms with van der Waals surface area (Å²) in [6.07, 6.45) is 5.58. The molecule has 4 N–H and O–H groups in total. The molecule has 0 atom stereocenters. The van der Waals surface area contributed by atoms with Crippen LogP contribution < -0.4 is 11.5 Å². The minimum absolute atomic E-state index is 0. The van der Waals surface area contributed by atoms with Crippen molar-refractivity contribution in [3.8, 4) is 11.1 Å². The van der Waals surface area contributed by atoms with Crippen molar-refractivity contribution in [3.63, 3.8) is 0 Å². The number of unbranched alkanes of at least 4 members (excludes halogenated alkanes) is 2. The zero-order chi connectivity index (χ0) is 20.1. The average molecular weight is 385 g/mol. The molecule has 2 rings (SSSR count). The molecule has 0 spiro atoms. The maximum atomic E-state index is 10.9. The lowest BCUT2D eigenvalue weighted by molar-refractivity contribution is -0.119. The Morgan fingerprint density at radius 1 is 0.750 bits per heavy atom. The summed E-state index contributed by atoms with van der Waals surface area (Å²) in [6.45, 7) is 3.78. The van der Waals surface area contributed by atoms with Crippen molar-refractivity contribution in [3.05, 3.63) is 48.5 Å². The summed E-state index contributed by atoms with van der Waals surface area (Å²) in [5.41, 5.74) is 15.0. The first-order chi connectivity index (χ1) is 13.0. The van der Waals surface area contributed by atoms with Crippen molar-refractivity contribution in [2.24, 2.45) is 0 Å². The van der Waals surface area contributed by atoms with Gasteiger partial charge in [-0.3, -0.25) is 9.59 Å². The number of para-hydroxylation sites is 1. The highest BCUT2D eigenvalue weighted by molar-refractivity contribution is 5.84. The highest BCUT2D eigenvalue weighted by atomic mass is 16.1. The number of hydrogen-bond donors (Lipinski definition) is 2. The van der Waals surface area contributed by atoms with Gasteiger partial charge in [-0.2, -0.15) is 0 Å². The topological polar surface area (TPSA) is 86.2 Å². The molecule has 28 heavy (non-hydrogen) atoms. The Bertz CT molecular complexity index is 694. The molecule has 2 aromatic rings. The largest absolute Gasteiger partial charge is 0.397 e. The van der Waals surface area contributed by atoms with E-state index in [4.69, 9.17) is 11.5 Å². The van der Waals surface area contributed by atoms with Gasteiger partial charge in [0.2, 0.25) is 0 Å². The summed E-state index contributed by atoms with van der Waals surface area (Å²) >= 11 is 0. The predicted octanol–water partition coefficient (Wildman–Crippen LogP) is 6.05. The molecule has 0 aromatic heterocycles. The smallest absolute Gasteiger partial charge is 0.132 e. The molecule has 0 bridgehead atoms. The molecule has 0 heterocycles. The molecule has 2 aromatic carbocycles. The third-order valence-electron chi connectivity index (χ3n) is 4.42. The Morgan fingerprint density at radius 3 is 1.79 bits per heavy atom. The average Bonchev–Trinajstić information content (AvgIpc) is 2.70. The summed E-state index contributed by atoms with van der Waals surface area (Å²) in [4.78, 5) is 21.8. The van der Waals surface area contributed by atoms with E-state index < -0.39 is 0 Å². The summed E-state index contributed by atoms with van der Waals surface area (Å²) in [6, 6.07) is 15.7. The molecule has 0 radical (unpaired) electrons. The number of Topliss-reactive ketones (excluding diaryl/α,β-unsaturated/α-hetero) is 2. The van der Waals surface area contributed by atoms with E-state index in [-0.39, 0.29) is 7.43 Å². The number of hydrogen-bond acceptors (Lipinski definition) is 4. The molecule has 0 saturated carbocycles. The van der Waals surface area contributed by atoms with E-state index in [9.17, 15) is 9.59 Å². The Hall–Kier alpha value is -2.62. The summed E-state index contributed by atoms with van der Waals surface area (Å²) < 4.78 is 0. The van der Waals surface area contributed by atoms with Crippen LogP contribution in [0.25, 0.3) is 11.1 Å². The number of carbonyl (C=O) groups excluding carboxylic acids is 2. The zero-order valence-electron chi connectivity index (χ0n) is 16.5. The van der Waals surface area contributed by atoms with Gasteiger partial charge in [0.15, 0.2) is 0 Å². The minimum Gasteiger partial charge on any atom is -0.397 e. The van der Waals surface area contributed by atoms with Gasteiger partial charge in [-0.05, 0) is 24.5 Å². The van der Waals surface area contributed by atoms with E-state index in [0.29, 0.717) is 48.6 Å². The molecule has 0 aliphatic rings. The minimum atomic E-state index is 0. The highest BCUT2D eigenvalue weighted by Gasteiger charge is 2.03. The maximum absolute atomic E-state index is 10.9. The van der Waals surface area contributed by atoms with Crippen LogP contribution in [0.5, 0.6) is 0 Å². The van der Waals surface area contributed by atoms with Crippen molar-refractivity contribution in [2.45, 2.75) is 66.2 Å². The van der Waals surface area contributed by atoms with Crippen LogP contribution in [0.4, 0.5) is 11.4 Å². The molecule has 0 aliphatic carbocycles. The number of ketones is 2. The normalized spacial score (nSPS) is 9.64. The second-order valence-corrected chi connectivity index (χ2v) is 6.52. The lowest BCUT2D eigenvalue weighted by Crippen LogP contribution is -1.96. The number of nitrogen functional groups attached to an aromatic ring is 2. The van der Waals surface area contributed by atoms with Crippen molar-refractivity contribution in [1.29, 1.82) is 0 Å². The van der Waals surface area contributed by atoms with Gasteiger partial charge in [-0.25, -0.2) is 0 Å². The second kappa shape index (κ2) is 14.4. The number of carbonyl (C=O) groups is 2. The second-order valence-electron chi connectivity index (χ2n) is 6.52. The summed E-state index contributed by atoms with van der Waals surface area (Å²) in [5.74, 6) is 0.670. The van der Waals surface area contributed by atoms with Gasteiger partial charge >= 0.3 is 0 Å². The fourth-order valence-corrected chi connectivity index (χ4v) is 2.63. The fourth-order valence-electron chi connectivity index (χ4n) is 2.63. The monoisotopic (exact) mass is 384 g/mol. The Kier molecular flexibility index (Phi) is 13.1. The molecule has 4 heteroatoms. The van der Waals surface area contributed by atoms with Gasteiger partial charge < -0.3 is 11.5 Å². The van der Waals surface area contributed by atoms with Gasteiger partial charge in [-0.1, -0.05) is 70.2 Å². The van der Waals surface area contributed by atoms with E-state index in [1.165, 1.54) is 0 Å². The number of rotatable bonds is 9. The molecule has 154 valence electrons. The van der Waals surface area contributed by atoms with E-state index in [0.717, 1.165) is 30.4 Å². The lowest BCUT2D eigenvalue weighted by atomic mass is 10.0. The van der Waals surface area contributed by atoms with E-state index >= 15 is 0 Å². The number of anilines is 2. The van der Waals surface area contributed by atoms with Gasteiger partial charge in [0, 0.05) is 31.2 Å². The lowest BCUT2D eigenvalue weighted by Gasteiger charge is -2.07. The molecule has 0 fully saturated rings. The number of benzene rings is 2. The first-order valence-corrected chi connectivity index (χ1v) is 9.72. The van der Waals surface area contributed by atoms with Gasteiger partial charge in [0.05, 0.1) is 11.4 Å². The molecule has 4 nitrogen and oxygen atoms in total. The Morgan fingerprint density at radius 2 is 1.29 bits per heavy atom. The predicted molar refractivity (Wildman–Crippen MR) is 121 cm³/mol. The van der Waals surface area contributed by atoms with Crippen LogP contribution in [0.3, 0.4) is 0 Å². The third kappa shape index (κ3) is 9.36. The van der Waals surface area contributed by atoms with Crippen molar-refractivity contribution < 1.29 is 9.59 Å². The Balaban J connectivity index is 0.000000505. The van der Waals surface area contributed by atoms with Crippen LogP contribution in [-0.4, -0.2) is 11.6 Å². The molecular weight excluding hydrogens is 348 g/mol. The first kappa shape index (κ1) is 25.4. The van der Waals surface area contributed by atoms with Crippen molar-refractivity contribution >= 4 is 22.9 Å². The van der Waals surface area contributed by atoms with Crippen LogP contribution in [-0.2, 0) is 9.59 Å². The van der Waals surface area contributed by atoms with Crippen LogP contribution >= 0.6 is 0 Å². The molecule has 0 unspecified atom stereocenters. The SMILES string of the molecule is C.CCC(=O)CCCCCC(=O)CC.Nc1cccc(-c2ccccc2)c1N. The van der Waals surface area contributed by atoms with Crippen molar-refractivity contribution in [2.75, 3.05) is 11.5 Å². The number of nitrogens with two attached hydrogens (primary N) is 2. The van der Waals surface area contributed by atoms with Crippen LogP contribution in [0.1, 0.15) is 66.2 Å². The summed E-state index contributed by atoms with van der Waals surface area (Å²) in [5, 5.41) is 0.